The Balaban J connectivity index is 1.25. The predicted octanol–water partition coefficient (Wildman–Crippen LogP) is 6.74. The Bertz CT molecular complexity index is 1580. The molecule has 8 heteroatoms. The van der Waals surface area contributed by atoms with E-state index in [1.165, 1.54) is 23.1 Å². The molecule has 0 spiro atoms. The van der Waals surface area contributed by atoms with E-state index in [-0.39, 0.29) is 16.4 Å². The van der Waals surface area contributed by atoms with Crippen LogP contribution in [0.5, 0.6) is 0 Å². The summed E-state index contributed by atoms with van der Waals surface area (Å²) in [6, 6.07) is 31.1. The lowest BCUT2D eigenvalue weighted by molar-refractivity contribution is 0.102. The molecule has 0 aliphatic heterocycles. The molecule has 0 bridgehead atoms. The first kappa shape index (κ1) is 23.3. The number of carbonyl (C=O) groups excluding carboxylic acids is 1. The number of anilines is 1. The summed E-state index contributed by atoms with van der Waals surface area (Å²) < 4.78 is 29.4. The van der Waals surface area contributed by atoms with E-state index in [0.29, 0.717) is 11.3 Å². The zero-order chi connectivity index (χ0) is 24.3. The van der Waals surface area contributed by atoms with Crippen LogP contribution in [0.1, 0.15) is 10.4 Å². The number of hydrogen-bond donors (Lipinski definition) is 1. The molecule has 1 aromatic heterocycles. The third-order valence-electron chi connectivity index (χ3n) is 5.32. The Labute approximate surface area is 211 Å². The van der Waals surface area contributed by atoms with Gasteiger partial charge in [0.15, 0.2) is 10.1 Å². The van der Waals surface area contributed by atoms with Crippen molar-refractivity contribution in [3.8, 4) is 11.1 Å². The third-order valence-corrected chi connectivity index (χ3v) is 8.87. The number of ketones is 1. The average molecular weight is 517 g/mol. The first-order chi connectivity index (χ1) is 17.0. The van der Waals surface area contributed by atoms with Crippen LogP contribution in [0, 0.1) is 0 Å². The van der Waals surface area contributed by atoms with Gasteiger partial charge in [-0.05, 0) is 41.5 Å². The van der Waals surface area contributed by atoms with Crippen LogP contribution in [0.3, 0.4) is 0 Å². The van der Waals surface area contributed by atoms with Gasteiger partial charge in [-0.1, -0.05) is 84.6 Å². The van der Waals surface area contributed by atoms with Gasteiger partial charge in [-0.2, -0.15) is 0 Å². The fourth-order valence-corrected chi connectivity index (χ4v) is 6.60. The first-order valence-electron chi connectivity index (χ1n) is 10.8. The molecule has 0 unspecified atom stereocenters. The van der Waals surface area contributed by atoms with E-state index in [4.69, 9.17) is 0 Å². The van der Waals surface area contributed by atoms with Crippen LogP contribution in [0.2, 0.25) is 0 Å². The van der Waals surface area contributed by atoms with Crippen LogP contribution in [-0.4, -0.2) is 24.9 Å². The highest BCUT2D eigenvalue weighted by atomic mass is 32.2. The van der Waals surface area contributed by atoms with Crippen LogP contribution < -0.4 is 4.72 Å². The number of carbonyl (C=O) groups is 1. The van der Waals surface area contributed by atoms with Gasteiger partial charge in [-0.3, -0.25) is 9.52 Å². The highest BCUT2D eigenvalue weighted by Gasteiger charge is 2.15. The third kappa shape index (κ3) is 5.45. The molecule has 1 heterocycles. The number of sulfonamides is 1. The van der Waals surface area contributed by atoms with Crippen molar-refractivity contribution in [1.29, 1.82) is 0 Å². The molecule has 0 aliphatic carbocycles. The Kier molecular flexibility index (Phi) is 6.68. The molecule has 0 amide bonds. The molecule has 0 fully saturated rings. The number of nitrogens with one attached hydrogen (secondary N) is 1. The Morgan fingerprint density at radius 3 is 2.20 bits per heavy atom. The number of rotatable bonds is 8. The second-order valence-corrected chi connectivity index (χ2v) is 11.7. The number of benzene rings is 4. The predicted molar refractivity (Wildman–Crippen MR) is 144 cm³/mol. The molecule has 5 rings (SSSR count). The van der Waals surface area contributed by atoms with Gasteiger partial charge >= 0.3 is 0 Å². The molecule has 0 aliphatic rings. The molecule has 0 atom stereocenters. The monoisotopic (exact) mass is 516 g/mol. The number of fused-ring (bicyclic) bond motifs is 1. The van der Waals surface area contributed by atoms with Crippen LogP contribution >= 0.6 is 23.1 Å². The molecule has 5 nitrogen and oxygen atoms in total. The summed E-state index contributed by atoms with van der Waals surface area (Å²) in [6.07, 6.45) is 0. The van der Waals surface area contributed by atoms with Crippen LogP contribution in [0.25, 0.3) is 21.3 Å². The zero-order valence-corrected chi connectivity index (χ0v) is 20.9. The standard InChI is InChI=1S/C27H20N2O3S3/c30-25(21-13-11-20(12-14-21)19-7-3-1-4-8-19)18-33-27-28-24-16-15-22(17-26(24)34-27)29-35(31,32)23-9-5-2-6-10-23/h1-17,29H,18H2. The molecular weight excluding hydrogens is 497 g/mol. The number of aromatic nitrogens is 1. The summed E-state index contributed by atoms with van der Waals surface area (Å²) in [5.41, 5.74) is 4.08. The fourth-order valence-electron chi connectivity index (χ4n) is 3.53. The summed E-state index contributed by atoms with van der Waals surface area (Å²) >= 11 is 2.82. The smallest absolute Gasteiger partial charge is 0.261 e. The zero-order valence-electron chi connectivity index (χ0n) is 18.4. The normalized spacial score (nSPS) is 11.4. The molecular formula is C27H20N2O3S3. The van der Waals surface area contributed by atoms with Crippen molar-refractivity contribution < 1.29 is 13.2 Å². The van der Waals surface area contributed by atoms with Crippen molar-refractivity contribution in [3.63, 3.8) is 0 Å². The van der Waals surface area contributed by atoms with E-state index in [9.17, 15) is 13.2 Å². The molecule has 0 saturated carbocycles. The topological polar surface area (TPSA) is 76.1 Å². The van der Waals surface area contributed by atoms with E-state index in [1.807, 2.05) is 54.6 Å². The van der Waals surface area contributed by atoms with Crippen molar-refractivity contribution in [2.45, 2.75) is 9.24 Å². The molecule has 0 radical (unpaired) electrons. The summed E-state index contributed by atoms with van der Waals surface area (Å²) in [5, 5.41) is 0. The lowest BCUT2D eigenvalue weighted by Crippen LogP contribution is -2.12. The Morgan fingerprint density at radius 1 is 0.829 bits per heavy atom. The molecule has 5 aromatic rings. The van der Waals surface area contributed by atoms with E-state index < -0.39 is 10.0 Å². The Morgan fingerprint density at radius 2 is 1.49 bits per heavy atom. The molecule has 4 aromatic carbocycles. The van der Waals surface area contributed by atoms with E-state index in [0.717, 1.165) is 25.7 Å². The van der Waals surface area contributed by atoms with Crippen molar-refractivity contribution in [2.75, 3.05) is 10.5 Å². The summed E-state index contributed by atoms with van der Waals surface area (Å²) in [6.45, 7) is 0. The highest BCUT2D eigenvalue weighted by Crippen LogP contribution is 2.32. The van der Waals surface area contributed by atoms with Crippen molar-refractivity contribution in [1.82, 2.24) is 4.98 Å². The quantitative estimate of drug-likeness (QED) is 0.183. The molecule has 35 heavy (non-hydrogen) atoms. The van der Waals surface area contributed by atoms with Crippen molar-refractivity contribution in [2.24, 2.45) is 0 Å². The number of hydrogen-bond acceptors (Lipinski definition) is 6. The van der Waals surface area contributed by atoms with Crippen molar-refractivity contribution in [3.05, 3.63) is 109 Å². The van der Waals surface area contributed by atoms with Gasteiger partial charge in [0.2, 0.25) is 0 Å². The summed E-state index contributed by atoms with van der Waals surface area (Å²) in [4.78, 5) is 17.5. The van der Waals surface area contributed by atoms with E-state index in [1.54, 1.807) is 48.5 Å². The number of thioether (sulfide) groups is 1. The minimum Gasteiger partial charge on any atom is -0.293 e. The maximum absolute atomic E-state index is 12.7. The van der Waals surface area contributed by atoms with Gasteiger partial charge in [0.1, 0.15) is 0 Å². The minimum atomic E-state index is -3.66. The number of nitrogens with zero attached hydrogens (tertiary/aromatic N) is 1. The van der Waals surface area contributed by atoms with E-state index >= 15 is 0 Å². The van der Waals surface area contributed by atoms with Gasteiger partial charge in [-0.15, -0.1) is 11.3 Å². The first-order valence-corrected chi connectivity index (χ1v) is 14.1. The van der Waals surface area contributed by atoms with Crippen molar-refractivity contribution >= 4 is 54.8 Å². The largest absolute Gasteiger partial charge is 0.293 e. The maximum Gasteiger partial charge on any atom is 0.261 e. The molecule has 0 saturated heterocycles. The van der Waals surface area contributed by atoms with Gasteiger partial charge in [0.25, 0.3) is 10.0 Å². The lowest BCUT2D eigenvalue weighted by atomic mass is 10.0. The second-order valence-electron chi connectivity index (χ2n) is 7.74. The summed E-state index contributed by atoms with van der Waals surface area (Å²) in [7, 11) is -3.66. The number of Topliss-reactive ketones (excluding diaryl/α,β-unsaturated/α-hetero) is 1. The van der Waals surface area contributed by atoms with E-state index in [2.05, 4.69) is 9.71 Å². The van der Waals surface area contributed by atoms with Gasteiger partial charge in [0, 0.05) is 5.56 Å². The average Bonchev–Trinajstić information content (AvgIpc) is 3.30. The van der Waals surface area contributed by atoms with Crippen LogP contribution in [0.15, 0.2) is 112 Å². The lowest BCUT2D eigenvalue weighted by Gasteiger charge is -2.07. The van der Waals surface area contributed by atoms with Crippen LogP contribution in [-0.2, 0) is 10.0 Å². The number of thiazole rings is 1. The second kappa shape index (κ2) is 10.0. The van der Waals surface area contributed by atoms with Gasteiger partial charge in [0.05, 0.1) is 26.6 Å². The molecule has 174 valence electrons. The Hall–Kier alpha value is -3.46. The van der Waals surface area contributed by atoms with Gasteiger partial charge < -0.3 is 0 Å². The van der Waals surface area contributed by atoms with Gasteiger partial charge in [-0.25, -0.2) is 13.4 Å². The molecule has 1 N–H and O–H groups in total. The van der Waals surface area contributed by atoms with Crippen LogP contribution in [0.4, 0.5) is 5.69 Å². The maximum atomic E-state index is 12.7. The minimum absolute atomic E-state index is 0.0326. The fraction of sp³-hybridized carbons (Fsp3) is 0.0370. The summed E-state index contributed by atoms with van der Waals surface area (Å²) in [5.74, 6) is 0.308. The highest BCUT2D eigenvalue weighted by molar-refractivity contribution is 8.01. The SMILES string of the molecule is O=C(CSc1nc2ccc(NS(=O)(=O)c3ccccc3)cc2s1)c1ccc(-c2ccccc2)cc1.